The van der Waals surface area contributed by atoms with Crippen molar-refractivity contribution in [2.45, 2.75) is 44.6 Å². The number of nitrogens with two attached hydrogens (primary N) is 1. The van der Waals surface area contributed by atoms with Crippen molar-refractivity contribution in [2.75, 3.05) is 5.32 Å². The molecule has 2 aromatic rings. The molecule has 0 heterocycles. The van der Waals surface area contributed by atoms with Crippen LogP contribution in [0.2, 0.25) is 0 Å². The van der Waals surface area contributed by atoms with E-state index in [2.05, 4.69) is 27.5 Å². The second kappa shape index (κ2) is 8.00. The molecule has 4 nitrogen and oxygen atoms in total. The van der Waals surface area contributed by atoms with Crippen molar-refractivity contribution in [3.05, 3.63) is 59.7 Å². The maximum absolute atomic E-state index is 12.5. The Kier molecular flexibility index (Phi) is 5.70. The Morgan fingerprint density at radius 2 is 1.89 bits per heavy atom. The lowest BCUT2D eigenvalue weighted by molar-refractivity contribution is -0.714. The number of alkyl halides is 3. The third kappa shape index (κ3) is 5.23. The van der Waals surface area contributed by atoms with Crippen LogP contribution >= 0.6 is 0 Å². The van der Waals surface area contributed by atoms with Crippen molar-refractivity contribution in [1.29, 1.82) is 0 Å². The molecule has 144 valence electrons. The highest BCUT2D eigenvalue weighted by molar-refractivity contribution is 5.93. The summed E-state index contributed by atoms with van der Waals surface area (Å²) in [5, 5.41) is 4.79. The van der Waals surface area contributed by atoms with Crippen molar-refractivity contribution in [3.63, 3.8) is 0 Å². The van der Waals surface area contributed by atoms with Gasteiger partial charge in [0.1, 0.15) is 11.8 Å². The molecule has 3 rings (SSSR count). The Bertz CT molecular complexity index is 791. The molecule has 0 radical (unpaired) electrons. The molecule has 0 fully saturated rings. The third-order valence-corrected chi connectivity index (χ3v) is 4.71. The summed E-state index contributed by atoms with van der Waals surface area (Å²) in [5.74, 6) is -0.513. The van der Waals surface area contributed by atoms with E-state index in [1.54, 1.807) is 0 Å². The monoisotopic (exact) mass is 379 g/mol. The van der Waals surface area contributed by atoms with Crippen LogP contribution in [0.15, 0.2) is 48.5 Å². The van der Waals surface area contributed by atoms with Crippen LogP contribution < -0.4 is 15.4 Å². The van der Waals surface area contributed by atoms with E-state index in [1.165, 1.54) is 35.4 Å². The van der Waals surface area contributed by atoms with E-state index in [0.717, 1.165) is 19.3 Å². The number of aryl methyl sites for hydroxylation is 1. The standard InChI is InChI=1S/C20H21F3N2O2/c1-13(24-18-8-4-6-14-5-2-3-7-17(14)18)19(26)25-15-9-11-16(12-10-15)27-20(21,22)23/h2-3,5,7,9-13,18,24H,4,6,8H2,1H3,(H,25,26)/p+1/t13-,18+/m1/s1. The molecule has 7 heteroatoms. The van der Waals surface area contributed by atoms with Crippen LogP contribution in [0.3, 0.4) is 0 Å². The molecule has 1 amide bonds. The van der Waals surface area contributed by atoms with E-state index in [0.29, 0.717) is 5.69 Å². The van der Waals surface area contributed by atoms with Gasteiger partial charge in [0.15, 0.2) is 6.04 Å². The molecule has 2 atom stereocenters. The zero-order valence-electron chi connectivity index (χ0n) is 14.9. The number of benzene rings is 2. The Hall–Kier alpha value is -2.54. The fraction of sp³-hybridized carbons (Fsp3) is 0.350. The van der Waals surface area contributed by atoms with E-state index in [1.807, 2.05) is 19.1 Å². The molecular formula is C20H22F3N2O2+. The van der Waals surface area contributed by atoms with E-state index in [-0.39, 0.29) is 23.7 Å². The maximum atomic E-state index is 12.5. The van der Waals surface area contributed by atoms with Crippen molar-refractivity contribution < 1.29 is 28.0 Å². The molecule has 0 aliphatic heterocycles. The lowest BCUT2D eigenvalue weighted by Gasteiger charge is -2.26. The lowest BCUT2D eigenvalue weighted by atomic mass is 9.87. The number of anilines is 1. The summed E-state index contributed by atoms with van der Waals surface area (Å²) in [6, 6.07) is 13.3. The minimum absolute atomic E-state index is 0.192. The molecule has 1 aliphatic rings. The summed E-state index contributed by atoms with van der Waals surface area (Å²) in [6.07, 6.45) is -1.57. The van der Waals surface area contributed by atoms with Gasteiger partial charge in [0.2, 0.25) is 0 Å². The first-order valence-corrected chi connectivity index (χ1v) is 8.91. The zero-order valence-corrected chi connectivity index (χ0v) is 14.9. The van der Waals surface area contributed by atoms with Crippen molar-refractivity contribution in [1.82, 2.24) is 0 Å². The van der Waals surface area contributed by atoms with Gasteiger partial charge in [-0.1, -0.05) is 24.3 Å². The highest BCUT2D eigenvalue weighted by Crippen LogP contribution is 2.27. The summed E-state index contributed by atoms with van der Waals surface area (Å²) in [7, 11) is 0. The molecular weight excluding hydrogens is 357 g/mol. The first-order valence-electron chi connectivity index (χ1n) is 8.91. The smallest absolute Gasteiger partial charge is 0.406 e. The molecule has 3 N–H and O–H groups in total. The first kappa shape index (κ1) is 19.2. The summed E-state index contributed by atoms with van der Waals surface area (Å²) in [6.45, 7) is 1.83. The number of hydrogen-bond acceptors (Lipinski definition) is 2. The quantitative estimate of drug-likeness (QED) is 0.835. The van der Waals surface area contributed by atoms with Gasteiger partial charge >= 0.3 is 6.36 Å². The van der Waals surface area contributed by atoms with E-state index in [9.17, 15) is 18.0 Å². The van der Waals surface area contributed by atoms with Crippen molar-refractivity contribution in [2.24, 2.45) is 0 Å². The zero-order chi connectivity index (χ0) is 19.4. The number of amides is 1. The Morgan fingerprint density at radius 1 is 1.19 bits per heavy atom. The highest BCUT2D eigenvalue weighted by Gasteiger charge is 2.31. The third-order valence-electron chi connectivity index (χ3n) is 4.71. The molecule has 2 aromatic carbocycles. The summed E-state index contributed by atoms with van der Waals surface area (Å²) in [4.78, 5) is 12.5. The minimum atomic E-state index is -4.73. The van der Waals surface area contributed by atoms with Crippen LogP contribution in [0.1, 0.15) is 36.9 Å². The summed E-state index contributed by atoms with van der Waals surface area (Å²) < 4.78 is 40.4. The van der Waals surface area contributed by atoms with Crippen LogP contribution in [0.5, 0.6) is 5.75 Å². The van der Waals surface area contributed by atoms with Gasteiger partial charge in [0, 0.05) is 17.7 Å². The minimum Gasteiger partial charge on any atom is -0.406 e. The number of quaternary nitrogens is 1. The summed E-state index contributed by atoms with van der Waals surface area (Å²) >= 11 is 0. The number of ether oxygens (including phenoxy) is 1. The van der Waals surface area contributed by atoms with Gasteiger partial charge < -0.3 is 15.4 Å². The predicted molar refractivity (Wildman–Crippen MR) is 95.3 cm³/mol. The summed E-state index contributed by atoms with van der Waals surface area (Å²) in [5.41, 5.74) is 3.04. The van der Waals surface area contributed by atoms with Crippen molar-refractivity contribution >= 4 is 11.6 Å². The van der Waals surface area contributed by atoms with Gasteiger partial charge in [-0.2, -0.15) is 0 Å². The number of nitrogens with one attached hydrogen (secondary N) is 1. The van der Waals surface area contributed by atoms with E-state index < -0.39 is 6.36 Å². The van der Waals surface area contributed by atoms with Crippen LogP contribution in [0, 0.1) is 0 Å². The van der Waals surface area contributed by atoms with E-state index in [4.69, 9.17) is 0 Å². The van der Waals surface area contributed by atoms with Gasteiger partial charge in [0.25, 0.3) is 5.91 Å². The normalized spacial score (nSPS) is 17.7. The van der Waals surface area contributed by atoms with Crippen molar-refractivity contribution in [3.8, 4) is 5.75 Å². The fourth-order valence-electron chi connectivity index (χ4n) is 3.42. The fourth-order valence-corrected chi connectivity index (χ4v) is 3.42. The first-order chi connectivity index (χ1) is 12.8. The SMILES string of the molecule is C[C@@H]([NH2+][C@H]1CCCc2ccccc21)C(=O)Nc1ccc(OC(F)(F)F)cc1. The molecule has 0 unspecified atom stereocenters. The van der Waals surface area contributed by atoms with Gasteiger partial charge in [-0.05, 0) is 49.6 Å². The molecule has 1 aliphatic carbocycles. The van der Waals surface area contributed by atoms with Gasteiger partial charge in [-0.15, -0.1) is 13.2 Å². The molecule has 0 spiro atoms. The maximum Gasteiger partial charge on any atom is 0.573 e. The average Bonchev–Trinajstić information content (AvgIpc) is 2.62. The second-order valence-corrected chi connectivity index (χ2v) is 6.74. The average molecular weight is 379 g/mol. The number of carbonyl (C=O) groups is 1. The Balaban J connectivity index is 1.58. The number of hydrogen-bond donors (Lipinski definition) is 2. The predicted octanol–water partition coefficient (Wildman–Crippen LogP) is 3.55. The van der Waals surface area contributed by atoms with E-state index >= 15 is 0 Å². The topological polar surface area (TPSA) is 54.9 Å². The Morgan fingerprint density at radius 3 is 2.59 bits per heavy atom. The van der Waals surface area contributed by atoms with Gasteiger partial charge in [0.05, 0.1) is 0 Å². The second-order valence-electron chi connectivity index (χ2n) is 6.74. The molecule has 0 bridgehead atoms. The molecule has 27 heavy (non-hydrogen) atoms. The molecule has 0 saturated carbocycles. The lowest BCUT2D eigenvalue weighted by Crippen LogP contribution is -2.92. The Labute approximate surface area is 155 Å². The number of carbonyl (C=O) groups excluding carboxylic acids is 1. The number of rotatable bonds is 5. The van der Waals surface area contributed by atoms with Crippen LogP contribution in [-0.2, 0) is 11.2 Å². The number of halogens is 3. The molecule has 0 saturated heterocycles. The molecule has 0 aromatic heterocycles. The largest absolute Gasteiger partial charge is 0.573 e. The van der Waals surface area contributed by atoms with Crippen LogP contribution in [0.4, 0.5) is 18.9 Å². The highest BCUT2D eigenvalue weighted by atomic mass is 19.4. The van der Waals surface area contributed by atoms with Crippen LogP contribution in [-0.4, -0.2) is 18.3 Å². The van der Waals surface area contributed by atoms with Crippen LogP contribution in [0.25, 0.3) is 0 Å². The van der Waals surface area contributed by atoms with Gasteiger partial charge in [-0.25, -0.2) is 0 Å². The van der Waals surface area contributed by atoms with Gasteiger partial charge in [-0.3, -0.25) is 4.79 Å². The number of fused-ring (bicyclic) bond motifs is 1.